The quantitative estimate of drug-likeness (QED) is 0.0222. The molecule has 0 rings (SSSR count). The summed E-state index contributed by atoms with van der Waals surface area (Å²) < 4.78 is 69.0. The first-order valence-electron chi connectivity index (χ1n) is 45.6. The predicted molar refractivity (Wildman–Crippen MR) is 442 cm³/mol. The predicted octanol–water partition coefficient (Wildman–Crippen LogP) is 27.2. The van der Waals surface area contributed by atoms with Crippen LogP contribution in [0.4, 0.5) is 0 Å². The summed E-state index contributed by atoms with van der Waals surface area (Å²) in [5.41, 5.74) is 0. The molecule has 0 heterocycles. The van der Waals surface area contributed by atoms with E-state index in [1.54, 1.807) is 0 Å². The zero-order valence-corrected chi connectivity index (χ0v) is 72.1. The van der Waals surface area contributed by atoms with Crippen molar-refractivity contribution in [2.75, 3.05) is 39.6 Å². The summed E-state index contributed by atoms with van der Waals surface area (Å²) in [5.74, 6) is -1.29. The molecule has 0 aromatic rings. The van der Waals surface area contributed by atoms with Gasteiger partial charge in [-0.05, 0) is 31.6 Å². The molecule has 0 spiro atoms. The molecule has 0 fully saturated rings. The number of hydrogen-bond acceptors (Lipinski definition) is 15. The zero-order chi connectivity index (χ0) is 78.3. The lowest BCUT2D eigenvalue weighted by Crippen LogP contribution is -2.30. The zero-order valence-electron chi connectivity index (χ0n) is 70.3. The molecule has 0 radical (unpaired) electrons. The van der Waals surface area contributed by atoms with Gasteiger partial charge in [0, 0.05) is 25.7 Å². The van der Waals surface area contributed by atoms with Crippen LogP contribution < -0.4 is 0 Å². The van der Waals surface area contributed by atoms with Crippen LogP contribution in [-0.2, 0) is 65.4 Å². The minimum Gasteiger partial charge on any atom is -0.462 e. The van der Waals surface area contributed by atoms with Gasteiger partial charge in [-0.1, -0.05) is 426 Å². The molecule has 0 aliphatic rings. The van der Waals surface area contributed by atoms with Crippen molar-refractivity contribution in [3.05, 3.63) is 0 Å². The third-order valence-electron chi connectivity index (χ3n) is 20.8. The van der Waals surface area contributed by atoms with Gasteiger partial charge in [-0.3, -0.25) is 37.3 Å². The van der Waals surface area contributed by atoms with Gasteiger partial charge < -0.3 is 33.8 Å². The average molecular weight is 1560 g/mol. The lowest BCUT2D eigenvalue weighted by Gasteiger charge is -2.21. The molecule has 0 amide bonds. The summed E-state index contributed by atoms with van der Waals surface area (Å²) in [6.07, 6.45) is 74.9. The van der Waals surface area contributed by atoms with E-state index >= 15 is 0 Å². The summed E-state index contributed by atoms with van der Waals surface area (Å²) in [6, 6.07) is 0. The number of aliphatic hydroxyl groups is 1. The van der Waals surface area contributed by atoms with Crippen LogP contribution in [0.15, 0.2) is 0 Å². The van der Waals surface area contributed by atoms with E-state index in [0.29, 0.717) is 25.7 Å². The maximum Gasteiger partial charge on any atom is 0.472 e. The maximum absolute atomic E-state index is 13.2. The van der Waals surface area contributed by atoms with Crippen LogP contribution in [0.2, 0.25) is 0 Å². The van der Waals surface area contributed by atoms with Crippen molar-refractivity contribution in [2.24, 2.45) is 5.92 Å². The number of aliphatic hydroxyl groups excluding tert-OH is 1. The van der Waals surface area contributed by atoms with Crippen molar-refractivity contribution in [1.29, 1.82) is 0 Å². The maximum atomic E-state index is 13.2. The van der Waals surface area contributed by atoms with Gasteiger partial charge in [0.25, 0.3) is 0 Å². The molecule has 0 bridgehead atoms. The second-order valence-corrected chi connectivity index (χ2v) is 35.0. The number of rotatable bonds is 88. The number of carbonyl (C=O) groups excluding carboxylic acids is 4. The highest BCUT2D eigenvalue weighted by molar-refractivity contribution is 7.47. The molecule has 0 saturated carbocycles. The molecule has 2 unspecified atom stereocenters. The average Bonchev–Trinajstić information content (AvgIpc) is 0.939. The Morgan fingerprint density at radius 2 is 0.430 bits per heavy atom. The van der Waals surface area contributed by atoms with E-state index in [1.165, 1.54) is 302 Å². The Bertz CT molecular complexity index is 2030. The Hall–Kier alpha value is -1.94. The molecule has 0 aliphatic heterocycles. The molecule has 17 nitrogen and oxygen atoms in total. The van der Waals surface area contributed by atoms with E-state index in [-0.39, 0.29) is 25.7 Å². The van der Waals surface area contributed by atoms with Crippen molar-refractivity contribution < 1.29 is 80.2 Å². The molecule has 0 aromatic carbocycles. The Kier molecular flexibility index (Phi) is 79.2. The number of esters is 4. The van der Waals surface area contributed by atoms with Gasteiger partial charge in [0.15, 0.2) is 12.2 Å². The van der Waals surface area contributed by atoms with Gasteiger partial charge in [0.2, 0.25) is 0 Å². The topological polar surface area (TPSA) is 237 Å². The van der Waals surface area contributed by atoms with Gasteiger partial charge in [0.1, 0.15) is 19.3 Å². The van der Waals surface area contributed by atoms with Crippen LogP contribution in [0.1, 0.15) is 478 Å². The normalized spacial score (nSPS) is 13.7. The lowest BCUT2D eigenvalue weighted by atomic mass is 10.0. The van der Waals surface area contributed by atoms with Crippen LogP contribution in [0, 0.1) is 5.92 Å². The Morgan fingerprint density at radius 3 is 0.636 bits per heavy atom. The highest BCUT2D eigenvalue weighted by Crippen LogP contribution is 2.45. The minimum absolute atomic E-state index is 0.109. The number of ether oxygens (including phenoxy) is 4. The minimum atomic E-state index is -4.97. The van der Waals surface area contributed by atoms with Crippen molar-refractivity contribution in [3.8, 4) is 0 Å². The van der Waals surface area contributed by atoms with Crippen molar-refractivity contribution in [2.45, 2.75) is 496 Å². The summed E-state index contributed by atoms with van der Waals surface area (Å²) >= 11 is 0. The van der Waals surface area contributed by atoms with Gasteiger partial charge in [0.05, 0.1) is 26.4 Å². The number of unbranched alkanes of at least 4 members (excludes halogenated alkanes) is 60. The SMILES string of the molecule is CCCCCCCCCCCCCCCCCCCCC(=O)OC[C@H](COP(=O)(O)OC[C@@H](O)COP(=O)(O)OC[C@@H](COC(=O)CCCCCCCCCCCCCCC)OC(=O)CCCCCCCCCCCCCCCCCCCC)OC(=O)CCCCCCCCCCCCCCCCCC(C)C. The first kappa shape index (κ1) is 105. The first-order chi connectivity index (χ1) is 52.0. The van der Waals surface area contributed by atoms with Crippen molar-refractivity contribution in [1.82, 2.24) is 0 Å². The monoisotopic (exact) mass is 1560 g/mol. The molecule has 5 atom stereocenters. The van der Waals surface area contributed by atoms with Crippen molar-refractivity contribution in [3.63, 3.8) is 0 Å². The first-order valence-corrected chi connectivity index (χ1v) is 48.6. The highest BCUT2D eigenvalue weighted by Gasteiger charge is 2.30. The molecule has 19 heteroatoms. The molecule has 3 N–H and O–H groups in total. The molecule has 0 aromatic heterocycles. The summed E-state index contributed by atoms with van der Waals surface area (Å²) in [5, 5.41) is 10.7. The fraction of sp³-hybridized carbons (Fsp3) is 0.955. The molecular formula is C88H172O17P2. The van der Waals surface area contributed by atoms with Gasteiger partial charge in [-0.15, -0.1) is 0 Å². The van der Waals surface area contributed by atoms with Crippen LogP contribution in [0.25, 0.3) is 0 Å². The fourth-order valence-electron chi connectivity index (χ4n) is 13.8. The Balaban J connectivity index is 5.26. The largest absolute Gasteiger partial charge is 0.472 e. The molecule has 0 saturated heterocycles. The molecule has 107 heavy (non-hydrogen) atoms. The van der Waals surface area contributed by atoms with Crippen LogP contribution in [0.5, 0.6) is 0 Å². The summed E-state index contributed by atoms with van der Waals surface area (Å²) in [6.45, 7) is 7.42. The molecular weight excluding hydrogens is 1390 g/mol. The van der Waals surface area contributed by atoms with Crippen LogP contribution >= 0.6 is 15.6 Å². The Labute approximate surface area is 658 Å². The number of phosphoric acid groups is 2. The second kappa shape index (κ2) is 80.7. The van der Waals surface area contributed by atoms with E-state index < -0.39 is 97.5 Å². The van der Waals surface area contributed by atoms with E-state index in [4.69, 9.17) is 37.0 Å². The molecule has 0 aliphatic carbocycles. The Morgan fingerprint density at radius 1 is 0.252 bits per heavy atom. The van der Waals surface area contributed by atoms with E-state index in [0.717, 1.165) is 95.8 Å². The number of carbonyl (C=O) groups is 4. The van der Waals surface area contributed by atoms with E-state index in [9.17, 15) is 43.2 Å². The van der Waals surface area contributed by atoms with Crippen LogP contribution in [0.3, 0.4) is 0 Å². The second-order valence-electron chi connectivity index (χ2n) is 32.1. The summed E-state index contributed by atoms with van der Waals surface area (Å²) in [7, 11) is -9.93. The number of phosphoric ester groups is 2. The van der Waals surface area contributed by atoms with Gasteiger partial charge >= 0.3 is 39.5 Å². The number of hydrogen-bond donors (Lipinski definition) is 3. The third-order valence-corrected chi connectivity index (χ3v) is 22.7. The van der Waals surface area contributed by atoms with E-state index in [2.05, 4.69) is 34.6 Å². The standard InChI is InChI=1S/C88H172O17P2/c1-6-9-12-15-18-21-24-27-29-31-33-37-42-47-52-57-62-67-72-86(91)99-78-84(105-88(93)74-69-64-59-54-49-44-39-35-36-41-45-50-55-60-65-70-81(4)5)80-103-107(96,97)101-76-82(89)75-100-106(94,95)102-79-83(77-98-85(90)71-66-61-56-51-46-40-26-23-20-17-14-11-8-3)104-87(92)73-68-63-58-53-48-43-38-34-32-30-28-25-22-19-16-13-10-7-2/h81-84,89H,6-80H2,1-5H3,(H,94,95)(H,96,97)/t82-,83+,84+/m0/s1. The van der Waals surface area contributed by atoms with Gasteiger partial charge in [-0.25, -0.2) is 9.13 Å². The fourth-order valence-corrected chi connectivity index (χ4v) is 15.4. The smallest absolute Gasteiger partial charge is 0.462 e. The van der Waals surface area contributed by atoms with Gasteiger partial charge in [-0.2, -0.15) is 0 Å². The highest BCUT2D eigenvalue weighted by atomic mass is 31.2. The third kappa shape index (κ3) is 81.9. The lowest BCUT2D eigenvalue weighted by molar-refractivity contribution is -0.161. The summed E-state index contributed by atoms with van der Waals surface area (Å²) in [4.78, 5) is 73.4. The van der Waals surface area contributed by atoms with Crippen LogP contribution in [-0.4, -0.2) is 96.7 Å². The molecule has 636 valence electrons. The van der Waals surface area contributed by atoms with Crippen molar-refractivity contribution >= 4 is 39.5 Å². The van der Waals surface area contributed by atoms with E-state index in [1.807, 2.05) is 0 Å².